The van der Waals surface area contributed by atoms with Gasteiger partial charge in [0.15, 0.2) is 0 Å². The minimum atomic E-state index is -0.868. The summed E-state index contributed by atoms with van der Waals surface area (Å²) >= 11 is 0. The summed E-state index contributed by atoms with van der Waals surface area (Å²) in [5.41, 5.74) is 2.44. The first-order chi connectivity index (χ1) is 7.50. The van der Waals surface area contributed by atoms with Crippen molar-refractivity contribution in [2.75, 3.05) is 11.9 Å². The highest BCUT2D eigenvalue weighted by Gasteiger charge is 2.36. The van der Waals surface area contributed by atoms with Crippen molar-refractivity contribution in [1.82, 2.24) is 0 Å². The smallest absolute Gasteiger partial charge is 0.337 e. The molecule has 0 aromatic heterocycles. The number of hydrogen-bond acceptors (Lipinski definition) is 2. The molecule has 1 aromatic rings. The minimum absolute atomic E-state index is 0.365. The predicted molar refractivity (Wildman–Crippen MR) is 64.0 cm³/mol. The molecule has 0 bridgehead atoms. The van der Waals surface area contributed by atoms with Crippen LogP contribution in [0.4, 0.5) is 5.69 Å². The SMILES string of the molecule is Cc1ccc(NCC2(C)CC2)c(C(=O)O)c1. The van der Waals surface area contributed by atoms with E-state index in [1.54, 1.807) is 6.07 Å². The van der Waals surface area contributed by atoms with Gasteiger partial charge in [-0.05, 0) is 37.3 Å². The third-order valence-electron chi connectivity index (χ3n) is 3.21. The lowest BCUT2D eigenvalue weighted by Crippen LogP contribution is -2.14. The van der Waals surface area contributed by atoms with Crippen LogP contribution in [0.15, 0.2) is 18.2 Å². The van der Waals surface area contributed by atoms with Crippen LogP contribution in [-0.2, 0) is 0 Å². The molecule has 0 aliphatic heterocycles. The Morgan fingerprint density at radius 1 is 1.50 bits per heavy atom. The highest BCUT2D eigenvalue weighted by atomic mass is 16.4. The van der Waals surface area contributed by atoms with Crippen molar-refractivity contribution >= 4 is 11.7 Å². The summed E-state index contributed by atoms with van der Waals surface area (Å²) in [7, 11) is 0. The zero-order chi connectivity index (χ0) is 11.8. The van der Waals surface area contributed by atoms with Gasteiger partial charge in [-0.25, -0.2) is 4.79 Å². The van der Waals surface area contributed by atoms with E-state index in [4.69, 9.17) is 5.11 Å². The zero-order valence-corrected chi connectivity index (χ0v) is 9.71. The summed E-state index contributed by atoms with van der Waals surface area (Å²) < 4.78 is 0. The largest absolute Gasteiger partial charge is 0.478 e. The maximum Gasteiger partial charge on any atom is 0.337 e. The number of carboxylic acid groups (broad SMARTS) is 1. The van der Waals surface area contributed by atoms with Gasteiger partial charge in [0.25, 0.3) is 0 Å². The average molecular weight is 219 g/mol. The highest BCUT2D eigenvalue weighted by molar-refractivity contribution is 5.94. The third-order valence-corrected chi connectivity index (χ3v) is 3.21. The number of anilines is 1. The Kier molecular flexibility index (Phi) is 2.62. The van der Waals surface area contributed by atoms with E-state index in [1.165, 1.54) is 12.8 Å². The lowest BCUT2D eigenvalue weighted by molar-refractivity contribution is 0.0698. The van der Waals surface area contributed by atoms with Gasteiger partial charge in [-0.15, -0.1) is 0 Å². The molecule has 0 atom stereocenters. The van der Waals surface area contributed by atoms with E-state index >= 15 is 0 Å². The molecule has 1 aromatic carbocycles. The van der Waals surface area contributed by atoms with E-state index in [1.807, 2.05) is 19.1 Å². The van der Waals surface area contributed by atoms with Crippen LogP contribution in [0.25, 0.3) is 0 Å². The summed E-state index contributed by atoms with van der Waals surface area (Å²) in [6, 6.07) is 5.49. The molecule has 0 unspecified atom stereocenters. The maximum atomic E-state index is 11.1. The molecule has 1 aliphatic rings. The summed E-state index contributed by atoms with van der Waals surface area (Å²) in [6.07, 6.45) is 2.46. The molecule has 16 heavy (non-hydrogen) atoms. The van der Waals surface area contributed by atoms with Crippen LogP contribution in [0.3, 0.4) is 0 Å². The standard InChI is InChI=1S/C13H17NO2/c1-9-3-4-11(10(7-9)12(15)16)14-8-13(2)5-6-13/h3-4,7,14H,5-6,8H2,1-2H3,(H,15,16). The molecule has 0 amide bonds. The molecule has 0 radical (unpaired) electrons. The molecule has 3 nitrogen and oxygen atoms in total. The molecule has 0 saturated heterocycles. The monoisotopic (exact) mass is 219 g/mol. The zero-order valence-electron chi connectivity index (χ0n) is 9.71. The van der Waals surface area contributed by atoms with Gasteiger partial charge in [0.05, 0.1) is 5.56 Å². The van der Waals surface area contributed by atoms with Crippen LogP contribution in [0.2, 0.25) is 0 Å². The Balaban J connectivity index is 2.15. The number of benzene rings is 1. The molecule has 2 N–H and O–H groups in total. The minimum Gasteiger partial charge on any atom is -0.478 e. The fourth-order valence-corrected chi connectivity index (χ4v) is 1.69. The van der Waals surface area contributed by atoms with E-state index in [0.717, 1.165) is 17.8 Å². The Bertz CT molecular complexity index is 422. The molecule has 3 heteroatoms. The Morgan fingerprint density at radius 2 is 2.19 bits per heavy atom. The average Bonchev–Trinajstić information content (AvgIpc) is 2.95. The number of aryl methyl sites for hydroxylation is 1. The summed E-state index contributed by atoms with van der Waals surface area (Å²) in [5, 5.41) is 12.3. The van der Waals surface area contributed by atoms with Gasteiger partial charge >= 0.3 is 5.97 Å². The Morgan fingerprint density at radius 3 is 2.75 bits per heavy atom. The van der Waals surface area contributed by atoms with Gasteiger partial charge in [0, 0.05) is 12.2 Å². The number of hydrogen-bond donors (Lipinski definition) is 2. The molecular weight excluding hydrogens is 202 g/mol. The molecule has 2 rings (SSSR count). The van der Waals surface area contributed by atoms with E-state index in [0.29, 0.717) is 11.0 Å². The topological polar surface area (TPSA) is 49.3 Å². The van der Waals surface area contributed by atoms with E-state index in [2.05, 4.69) is 12.2 Å². The second-order valence-corrected chi connectivity index (χ2v) is 5.02. The van der Waals surface area contributed by atoms with Crippen LogP contribution >= 0.6 is 0 Å². The van der Waals surface area contributed by atoms with E-state index in [-0.39, 0.29) is 0 Å². The van der Waals surface area contributed by atoms with Gasteiger partial charge in [-0.2, -0.15) is 0 Å². The maximum absolute atomic E-state index is 11.1. The quantitative estimate of drug-likeness (QED) is 0.818. The van der Waals surface area contributed by atoms with Crippen molar-refractivity contribution in [1.29, 1.82) is 0 Å². The second kappa shape index (κ2) is 3.81. The molecule has 0 heterocycles. The molecule has 0 spiro atoms. The van der Waals surface area contributed by atoms with E-state index in [9.17, 15) is 4.79 Å². The predicted octanol–water partition coefficient (Wildman–Crippen LogP) is 2.91. The van der Waals surface area contributed by atoms with Gasteiger partial charge in [-0.3, -0.25) is 0 Å². The lowest BCUT2D eigenvalue weighted by atomic mass is 10.1. The fraction of sp³-hybridized carbons (Fsp3) is 0.462. The first-order valence-electron chi connectivity index (χ1n) is 5.58. The van der Waals surface area contributed by atoms with Crippen molar-refractivity contribution in [3.63, 3.8) is 0 Å². The molecular formula is C13H17NO2. The van der Waals surface area contributed by atoms with Crippen LogP contribution in [0.5, 0.6) is 0 Å². The number of carboxylic acids is 1. The summed E-state index contributed by atoms with van der Waals surface area (Å²) in [6.45, 7) is 4.98. The summed E-state index contributed by atoms with van der Waals surface area (Å²) in [5.74, 6) is -0.868. The fourth-order valence-electron chi connectivity index (χ4n) is 1.69. The van der Waals surface area contributed by atoms with Crippen LogP contribution in [0.1, 0.15) is 35.7 Å². The molecule has 1 aliphatic carbocycles. The second-order valence-electron chi connectivity index (χ2n) is 5.02. The summed E-state index contributed by atoms with van der Waals surface area (Å²) in [4.78, 5) is 11.1. The van der Waals surface area contributed by atoms with E-state index < -0.39 is 5.97 Å². The molecule has 1 fully saturated rings. The van der Waals surface area contributed by atoms with Crippen molar-refractivity contribution in [2.24, 2.45) is 5.41 Å². The van der Waals surface area contributed by atoms with Gasteiger partial charge in [0.2, 0.25) is 0 Å². The first kappa shape index (κ1) is 11.0. The molecule has 1 saturated carbocycles. The Labute approximate surface area is 95.5 Å². The van der Waals surface area contributed by atoms with Crippen LogP contribution < -0.4 is 5.32 Å². The van der Waals surface area contributed by atoms with Crippen LogP contribution in [0, 0.1) is 12.3 Å². The normalized spacial score (nSPS) is 16.9. The van der Waals surface area contributed by atoms with Crippen LogP contribution in [-0.4, -0.2) is 17.6 Å². The van der Waals surface area contributed by atoms with Crippen molar-refractivity contribution < 1.29 is 9.90 Å². The number of carbonyl (C=O) groups is 1. The molecule has 86 valence electrons. The van der Waals surface area contributed by atoms with Gasteiger partial charge in [-0.1, -0.05) is 18.6 Å². The van der Waals surface area contributed by atoms with Crippen molar-refractivity contribution in [3.8, 4) is 0 Å². The highest BCUT2D eigenvalue weighted by Crippen LogP contribution is 2.44. The number of rotatable bonds is 4. The number of nitrogens with one attached hydrogen (secondary N) is 1. The Hall–Kier alpha value is -1.51. The lowest BCUT2D eigenvalue weighted by Gasteiger charge is -2.13. The van der Waals surface area contributed by atoms with Gasteiger partial charge in [0.1, 0.15) is 0 Å². The van der Waals surface area contributed by atoms with Gasteiger partial charge < -0.3 is 10.4 Å². The third kappa shape index (κ3) is 2.35. The van der Waals surface area contributed by atoms with Crippen molar-refractivity contribution in [2.45, 2.75) is 26.7 Å². The van der Waals surface area contributed by atoms with Crippen molar-refractivity contribution in [3.05, 3.63) is 29.3 Å². The number of aromatic carboxylic acids is 1. The first-order valence-corrected chi connectivity index (χ1v) is 5.58.